The molecule has 0 radical (unpaired) electrons. The smallest absolute Gasteiger partial charge is 0.207 e. The summed E-state index contributed by atoms with van der Waals surface area (Å²) in [5, 5.41) is 7.43. The molecule has 0 aliphatic rings. The molecule has 0 aliphatic carbocycles. The van der Waals surface area contributed by atoms with Crippen molar-refractivity contribution in [3.63, 3.8) is 0 Å². The molecule has 4 nitrogen and oxygen atoms in total. The Morgan fingerprint density at radius 3 is 3.00 bits per heavy atom. The van der Waals surface area contributed by atoms with E-state index in [9.17, 15) is 0 Å². The predicted molar refractivity (Wildman–Crippen MR) is 47.4 cm³/mol. The molecule has 0 amide bonds. The fraction of sp³-hybridized carbons (Fsp3) is 0.333. The van der Waals surface area contributed by atoms with Gasteiger partial charge in [0.15, 0.2) is 0 Å². The monoisotopic (exact) mass is 263 g/mol. The molecule has 0 atom stereocenters. The quantitative estimate of drug-likeness (QED) is 0.544. The molecule has 0 bridgehead atoms. The van der Waals surface area contributed by atoms with Gasteiger partial charge in [-0.25, -0.2) is 5.10 Å². The molecule has 0 spiro atoms. The summed E-state index contributed by atoms with van der Waals surface area (Å²) >= 11 is 2.26. The molecule has 2 aromatic heterocycles. The summed E-state index contributed by atoms with van der Waals surface area (Å²) in [4.78, 5) is 0. The van der Waals surface area contributed by atoms with Gasteiger partial charge in [-0.05, 0) is 11.6 Å². The van der Waals surface area contributed by atoms with Gasteiger partial charge in [-0.15, -0.1) is 0 Å². The lowest BCUT2D eigenvalue weighted by Gasteiger charge is -1.75. The molecule has 58 valence electrons. The minimum atomic E-state index is 1.04. The molecular weight excluding hydrogens is 255 g/mol. The van der Waals surface area contributed by atoms with Crippen LogP contribution in [0.1, 0.15) is 11.4 Å². The summed E-state index contributed by atoms with van der Waals surface area (Å²) in [5.74, 6) is 0. The number of nitrogens with zero attached hydrogens (tertiary/aromatic N) is 3. The highest BCUT2D eigenvalue weighted by Gasteiger charge is 2.16. The van der Waals surface area contributed by atoms with Crippen molar-refractivity contribution < 1.29 is 4.63 Å². The van der Waals surface area contributed by atoms with Gasteiger partial charge >= 0.3 is 0 Å². The van der Waals surface area contributed by atoms with E-state index in [1.54, 1.807) is 4.63 Å². The molecule has 0 aromatic carbocycles. The Balaban J connectivity index is 2.88. The highest BCUT2D eigenvalue weighted by atomic mass is 127. The van der Waals surface area contributed by atoms with Gasteiger partial charge in [-0.2, -0.15) is 0 Å². The number of fused-ring (bicyclic) bond motifs is 1. The lowest BCUT2D eigenvalue weighted by Crippen LogP contribution is -2.31. The maximum atomic E-state index is 4.27. The van der Waals surface area contributed by atoms with E-state index in [2.05, 4.69) is 32.8 Å². The van der Waals surface area contributed by atoms with E-state index in [0.29, 0.717) is 0 Å². The van der Waals surface area contributed by atoms with Gasteiger partial charge in [0.2, 0.25) is 5.69 Å². The van der Waals surface area contributed by atoms with Crippen molar-refractivity contribution in [1.29, 1.82) is 0 Å². The summed E-state index contributed by atoms with van der Waals surface area (Å²) in [5.41, 5.74) is 2.15. The number of H-pyrrole nitrogens is 1. The van der Waals surface area contributed by atoms with Crippen molar-refractivity contribution in [3.05, 3.63) is 21.3 Å². The van der Waals surface area contributed by atoms with E-state index < -0.39 is 0 Å². The Kier molecular flexibility index (Phi) is 1.41. The topological polar surface area (TPSA) is 37.2 Å². The maximum absolute atomic E-state index is 4.27. The number of rotatable bonds is 0. The summed E-state index contributed by atoms with van der Waals surface area (Å²) < 4.78 is 4.83. The van der Waals surface area contributed by atoms with Crippen molar-refractivity contribution in [2.75, 3.05) is 0 Å². The molecule has 0 unspecified atom stereocenters. The molecule has 0 saturated carbocycles. The van der Waals surface area contributed by atoms with Crippen LogP contribution in [-0.2, 0) is 0 Å². The van der Waals surface area contributed by atoms with Crippen LogP contribution in [0, 0.1) is 17.5 Å². The average Bonchev–Trinajstić information content (AvgIpc) is 2.37. The number of halogens is 1. The van der Waals surface area contributed by atoms with E-state index >= 15 is 0 Å². The Hall–Kier alpha value is -0.590. The molecule has 0 saturated heterocycles. The molecule has 0 fully saturated rings. The predicted octanol–water partition coefficient (Wildman–Crippen LogP) is 0.469. The van der Waals surface area contributed by atoms with Gasteiger partial charge in [-0.1, -0.05) is 0 Å². The van der Waals surface area contributed by atoms with Gasteiger partial charge in [0.25, 0.3) is 3.70 Å². The Morgan fingerprint density at radius 2 is 2.36 bits per heavy atom. The molecule has 5 heteroatoms. The summed E-state index contributed by atoms with van der Waals surface area (Å²) in [6, 6.07) is 0. The fourth-order valence-electron chi connectivity index (χ4n) is 1.04. The van der Waals surface area contributed by atoms with Crippen LogP contribution in [0.25, 0.3) is 0 Å². The zero-order valence-electron chi connectivity index (χ0n) is 6.30. The first-order valence-corrected chi connectivity index (χ1v) is 4.39. The van der Waals surface area contributed by atoms with Crippen LogP contribution in [0.15, 0.2) is 6.20 Å². The maximum Gasteiger partial charge on any atom is 0.262 e. The molecule has 2 rings (SSSR count). The van der Waals surface area contributed by atoms with Crippen LogP contribution in [0.2, 0.25) is 0 Å². The fourth-order valence-corrected chi connectivity index (χ4v) is 1.49. The number of hydrogen-bond acceptors (Lipinski definition) is 1. The van der Waals surface area contributed by atoms with E-state index in [1.165, 1.54) is 0 Å². The lowest BCUT2D eigenvalue weighted by molar-refractivity contribution is -0.688. The van der Waals surface area contributed by atoms with Crippen LogP contribution in [0.4, 0.5) is 0 Å². The first-order chi connectivity index (χ1) is 5.18. The van der Waals surface area contributed by atoms with Crippen LogP contribution < -0.4 is 4.63 Å². The van der Waals surface area contributed by atoms with Crippen molar-refractivity contribution >= 4 is 22.6 Å². The van der Waals surface area contributed by atoms with Gasteiger partial charge in [0, 0.05) is 34.1 Å². The van der Waals surface area contributed by atoms with Gasteiger partial charge in [-0.3, -0.25) is 0 Å². The van der Waals surface area contributed by atoms with Crippen molar-refractivity contribution in [3.8, 4) is 0 Å². The average molecular weight is 263 g/mol. The lowest BCUT2D eigenvalue weighted by atomic mass is 10.6. The first kappa shape index (κ1) is 7.08. The van der Waals surface area contributed by atoms with Crippen LogP contribution in [-0.4, -0.2) is 14.8 Å². The summed E-state index contributed by atoms with van der Waals surface area (Å²) in [7, 11) is 0. The molecule has 0 aliphatic heterocycles. The van der Waals surface area contributed by atoms with Crippen LogP contribution in [0.3, 0.4) is 0 Å². The summed E-state index contributed by atoms with van der Waals surface area (Å²) in [6.45, 7) is 4.00. The molecule has 1 N–H and O–H groups in total. The molecule has 11 heavy (non-hydrogen) atoms. The van der Waals surface area contributed by atoms with Gasteiger partial charge in [0.05, 0.1) is 10.8 Å². The Bertz CT molecular complexity index is 400. The van der Waals surface area contributed by atoms with Crippen molar-refractivity contribution in [2.24, 2.45) is 0 Å². The highest BCUT2D eigenvalue weighted by Crippen LogP contribution is 2.01. The number of aromatic nitrogens is 4. The molecule has 2 heterocycles. The largest absolute Gasteiger partial charge is 0.262 e. The second-order valence-electron chi connectivity index (χ2n) is 2.53. The zero-order chi connectivity index (χ0) is 8.01. The normalized spacial score (nSPS) is 11.2. The third-order valence-corrected chi connectivity index (χ3v) is 2.77. The van der Waals surface area contributed by atoms with Gasteiger partial charge < -0.3 is 0 Å². The third kappa shape index (κ3) is 0.943. The number of nitrogens with one attached hydrogen (secondary N) is 1. The third-order valence-electron chi connectivity index (χ3n) is 1.53. The number of hydrogen-bond donors (Lipinski definition) is 1. The van der Waals surface area contributed by atoms with E-state index in [-0.39, 0.29) is 0 Å². The minimum absolute atomic E-state index is 1.04. The van der Waals surface area contributed by atoms with Crippen LogP contribution in [0.5, 0.6) is 0 Å². The van der Waals surface area contributed by atoms with Crippen molar-refractivity contribution in [2.45, 2.75) is 13.8 Å². The van der Waals surface area contributed by atoms with E-state index in [0.717, 1.165) is 15.1 Å². The van der Waals surface area contributed by atoms with E-state index in [4.69, 9.17) is 0 Å². The molecule has 2 aromatic rings. The second-order valence-corrected chi connectivity index (χ2v) is 3.55. The minimum Gasteiger partial charge on any atom is -0.207 e. The van der Waals surface area contributed by atoms with Crippen molar-refractivity contribution in [1.82, 2.24) is 14.8 Å². The number of aromatic amines is 1. The van der Waals surface area contributed by atoms with Crippen LogP contribution >= 0.6 is 22.6 Å². The Labute approximate surface area is 77.3 Å². The summed E-state index contributed by atoms with van der Waals surface area (Å²) in [6.07, 6.45) is 1.95. The SMILES string of the molecule is Cc1cn2nc(C)c(I)[n+]2[nH]1. The standard InChI is InChI=1S/C6H8IN4/c1-4-3-10-9-5(2)6(7)11(10)8-4/h3,8H,1-2H3/q+1. The number of aryl methyl sites for hydroxylation is 2. The first-order valence-electron chi connectivity index (χ1n) is 3.31. The Morgan fingerprint density at radius 1 is 1.64 bits per heavy atom. The zero-order valence-corrected chi connectivity index (χ0v) is 8.45. The van der Waals surface area contributed by atoms with Gasteiger partial charge in [0.1, 0.15) is 6.20 Å². The second kappa shape index (κ2) is 2.20. The van der Waals surface area contributed by atoms with E-state index in [1.807, 2.05) is 24.7 Å². The molecular formula is C6H8IN4+. The highest BCUT2D eigenvalue weighted by molar-refractivity contribution is 14.1.